The lowest BCUT2D eigenvalue weighted by atomic mass is 10.00. The second-order valence-corrected chi connectivity index (χ2v) is 7.56. The van der Waals surface area contributed by atoms with Gasteiger partial charge in [-0.3, -0.25) is 14.2 Å². The maximum Gasteiger partial charge on any atom is 0.348 e. The number of alkyl halides is 2. The number of nitrogens with one attached hydrogen (secondary N) is 1. The number of carbonyl (C=O) groups excluding carboxylic acids is 2. The van der Waals surface area contributed by atoms with E-state index in [2.05, 4.69) is 5.32 Å². The molecule has 1 atom stereocenters. The number of imide groups is 1. The number of aromatic nitrogens is 2. The van der Waals surface area contributed by atoms with Crippen LogP contribution in [-0.2, 0) is 16.6 Å². The highest BCUT2D eigenvalue weighted by Crippen LogP contribution is 2.34. The number of hydrogen-bond acceptors (Lipinski definition) is 5. The molecule has 1 aromatic carbocycles. The maximum atomic E-state index is 14.5. The predicted octanol–water partition coefficient (Wildman–Crippen LogP) is 0.948. The molecule has 0 spiro atoms. The van der Waals surface area contributed by atoms with Gasteiger partial charge in [-0.05, 0) is 32.0 Å². The molecule has 8 nitrogen and oxygen atoms in total. The molecule has 2 aliphatic heterocycles. The van der Waals surface area contributed by atoms with Gasteiger partial charge in [-0.25, -0.2) is 13.6 Å². The largest absolute Gasteiger partial charge is 0.364 e. The van der Waals surface area contributed by atoms with Crippen LogP contribution in [0, 0.1) is 0 Å². The van der Waals surface area contributed by atoms with Crippen LogP contribution in [0.15, 0.2) is 23.0 Å². The summed E-state index contributed by atoms with van der Waals surface area (Å²) in [5.74, 6) is -3.82. The van der Waals surface area contributed by atoms with Gasteiger partial charge in [0, 0.05) is 26.4 Å². The van der Waals surface area contributed by atoms with Crippen molar-refractivity contribution >= 4 is 28.5 Å². The van der Waals surface area contributed by atoms with Crippen LogP contribution in [0.3, 0.4) is 0 Å². The Bertz CT molecular complexity index is 1030. The summed E-state index contributed by atoms with van der Waals surface area (Å²) < 4.78 is 31.4. The Labute approximate surface area is 165 Å². The van der Waals surface area contributed by atoms with E-state index in [0.717, 1.165) is 9.69 Å². The van der Waals surface area contributed by atoms with Crippen molar-refractivity contribution in [3.63, 3.8) is 0 Å². The minimum Gasteiger partial charge on any atom is -0.364 e. The molecule has 1 N–H and O–H groups in total. The maximum absolute atomic E-state index is 14.5. The zero-order chi connectivity index (χ0) is 20.9. The van der Waals surface area contributed by atoms with Crippen molar-refractivity contribution in [2.24, 2.45) is 7.05 Å². The zero-order valence-electron chi connectivity index (χ0n) is 16.3. The van der Waals surface area contributed by atoms with E-state index in [4.69, 9.17) is 0 Å². The molecule has 3 heterocycles. The van der Waals surface area contributed by atoms with E-state index in [0.29, 0.717) is 29.7 Å². The molecule has 2 aromatic rings. The lowest BCUT2D eigenvalue weighted by molar-refractivity contribution is -0.131. The van der Waals surface area contributed by atoms with Crippen molar-refractivity contribution in [3.8, 4) is 0 Å². The summed E-state index contributed by atoms with van der Waals surface area (Å²) >= 11 is 0. The fourth-order valence-electron chi connectivity index (χ4n) is 4.29. The summed E-state index contributed by atoms with van der Waals surface area (Å²) in [7, 11) is 3.04. The first kappa shape index (κ1) is 19.6. The van der Waals surface area contributed by atoms with Crippen LogP contribution < -0.4 is 20.9 Å². The monoisotopic (exact) mass is 407 g/mol. The van der Waals surface area contributed by atoms with Crippen LogP contribution in [0.4, 0.5) is 14.5 Å². The number of fused-ring (bicyclic) bond motifs is 1. The first-order valence-electron chi connectivity index (χ1n) is 9.63. The lowest BCUT2D eigenvalue weighted by Crippen LogP contribution is -2.56. The molecule has 1 unspecified atom stereocenters. The molecule has 1 aromatic heterocycles. The highest BCUT2D eigenvalue weighted by molar-refractivity contribution is 6.11. The molecule has 2 fully saturated rings. The third-order valence-corrected chi connectivity index (χ3v) is 5.77. The number of imidazole rings is 1. The van der Waals surface area contributed by atoms with Crippen LogP contribution >= 0.6 is 0 Å². The average Bonchev–Trinajstić information content (AvgIpc) is 2.92. The quantitative estimate of drug-likeness (QED) is 0.767. The first-order chi connectivity index (χ1) is 13.8. The standard InChI is InChI=1S/C19H23F2N5O3/c1-22-14-9-10-24(11-19(14,20)21)12-5-3-6-13-17(12)23(2)18(29)25(13)26-15(27)7-4-8-16(26)28/h3,5-6,14,22H,4,7-11H2,1-2H3. The van der Waals surface area contributed by atoms with Crippen LogP contribution in [0.5, 0.6) is 0 Å². The second kappa shape index (κ2) is 6.94. The topological polar surface area (TPSA) is 79.6 Å². The van der Waals surface area contributed by atoms with Crippen molar-refractivity contribution in [1.82, 2.24) is 14.6 Å². The summed E-state index contributed by atoms with van der Waals surface area (Å²) in [6.07, 6.45) is 1.06. The number of nitrogens with zero attached hydrogens (tertiary/aromatic N) is 4. The van der Waals surface area contributed by atoms with Gasteiger partial charge in [0.1, 0.15) is 0 Å². The van der Waals surface area contributed by atoms with Gasteiger partial charge >= 0.3 is 5.69 Å². The highest BCUT2D eigenvalue weighted by atomic mass is 19.3. The Morgan fingerprint density at radius 3 is 2.45 bits per heavy atom. The van der Waals surface area contributed by atoms with E-state index in [1.54, 1.807) is 23.1 Å². The van der Waals surface area contributed by atoms with Crippen molar-refractivity contribution in [2.75, 3.05) is 30.0 Å². The van der Waals surface area contributed by atoms with Gasteiger partial charge in [-0.1, -0.05) is 6.07 Å². The number of rotatable bonds is 3. The fourth-order valence-corrected chi connectivity index (χ4v) is 4.29. The van der Waals surface area contributed by atoms with E-state index in [-0.39, 0.29) is 19.3 Å². The molecule has 0 bridgehead atoms. The number of amides is 2. The minimum absolute atomic E-state index is 0.179. The van der Waals surface area contributed by atoms with E-state index in [1.165, 1.54) is 18.7 Å². The Balaban J connectivity index is 1.84. The van der Waals surface area contributed by atoms with Gasteiger partial charge in [0.05, 0.1) is 29.3 Å². The fraction of sp³-hybridized carbons (Fsp3) is 0.526. The predicted molar refractivity (Wildman–Crippen MR) is 104 cm³/mol. The van der Waals surface area contributed by atoms with E-state index in [9.17, 15) is 23.2 Å². The number of hydrogen-bond donors (Lipinski definition) is 1. The number of aryl methyl sites for hydroxylation is 1. The molecule has 2 saturated heterocycles. The summed E-state index contributed by atoms with van der Waals surface area (Å²) in [5, 5.41) is 3.55. The Morgan fingerprint density at radius 2 is 1.83 bits per heavy atom. The van der Waals surface area contributed by atoms with Crippen molar-refractivity contribution in [3.05, 3.63) is 28.7 Å². The summed E-state index contributed by atoms with van der Waals surface area (Å²) in [5.41, 5.74) is 0.681. The minimum atomic E-state index is -2.94. The van der Waals surface area contributed by atoms with E-state index < -0.39 is 36.0 Å². The number of anilines is 1. The molecule has 4 rings (SSSR count). The van der Waals surface area contributed by atoms with Crippen LogP contribution in [0.25, 0.3) is 11.0 Å². The van der Waals surface area contributed by atoms with Crippen LogP contribution in [0.2, 0.25) is 0 Å². The molecular weight excluding hydrogens is 384 g/mol. The van der Waals surface area contributed by atoms with E-state index >= 15 is 0 Å². The Kier molecular flexibility index (Phi) is 4.68. The van der Waals surface area contributed by atoms with Crippen LogP contribution in [0.1, 0.15) is 25.7 Å². The molecule has 2 amide bonds. The van der Waals surface area contributed by atoms with Crippen molar-refractivity contribution in [1.29, 1.82) is 0 Å². The molecule has 0 radical (unpaired) electrons. The van der Waals surface area contributed by atoms with Crippen molar-refractivity contribution in [2.45, 2.75) is 37.6 Å². The molecule has 29 heavy (non-hydrogen) atoms. The molecule has 0 aliphatic carbocycles. The number of piperidine rings is 2. The number of halogens is 2. The SMILES string of the molecule is CNC1CCN(c2cccc3c2n(C)c(=O)n3N2C(=O)CCCC2=O)CC1(F)F. The highest BCUT2D eigenvalue weighted by Gasteiger charge is 2.44. The van der Waals surface area contributed by atoms with Gasteiger partial charge < -0.3 is 10.2 Å². The Hall–Kier alpha value is -2.75. The Morgan fingerprint density at radius 1 is 1.14 bits per heavy atom. The zero-order valence-corrected chi connectivity index (χ0v) is 16.3. The molecule has 0 saturated carbocycles. The van der Waals surface area contributed by atoms with Gasteiger partial charge in [-0.15, -0.1) is 0 Å². The summed E-state index contributed by atoms with van der Waals surface area (Å²) in [6.45, 7) is -0.0975. The second-order valence-electron chi connectivity index (χ2n) is 7.56. The van der Waals surface area contributed by atoms with Gasteiger partial charge in [0.15, 0.2) is 0 Å². The number of benzene rings is 1. The summed E-state index contributed by atoms with van der Waals surface area (Å²) in [6, 6.07) is 4.04. The van der Waals surface area contributed by atoms with Gasteiger partial charge in [-0.2, -0.15) is 9.69 Å². The third-order valence-electron chi connectivity index (χ3n) is 5.77. The normalized spacial score (nSPS) is 22.6. The number of para-hydroxylation sites is 1. The third kappa shape index (κ3) is 3.02. The van der Waals surface area contributed by atoms with Gasteiger partial charge in [0.2, 0.25) is 11.8 Å². The number of carbonyl (C=O) groups is 2. The average molecular weight is 407 g/mol. The molecule has 10 heteroatoms. The molecule has 2 aliphatic rings. The van der Waals surface area contributed by atoms with Crippen LogP contribution in [-0.4, -0.2) is 53.2 Å². The lowest BCUT2D eigenvalue weighted by Gasteiger charge is -2.39. The summed E-state index contributed by atoms with van der Waals surface area (Å²) in [4.78, 5) is 39.2. The molecular formula is C19H23F2N5O3. The van der Waals surface area contributed by atoms with Gasteiger partial charge in [0.25, 0.3) is 5.92 Å². The van der Waals surface area contributed by atoms with E-state index in [1.807, 2.05) is 0 Å². The molecule has 156 valence electrons. The first-order valence-corrected chi connectivity index (χ1v) is 9.63. The van der Waals surface area contributed by atoms with Crippen molar-refractivity contribution < 1.29 is 18.4 Å². The smallest absolute Gasteiger partial charge is 0.348 e.